The molecule has 0 aliphatic rings. The van der Waals surface area contributed by atoms with E-state index in [9.17, 15) is 4.79 Å². The fourth-order valence-corrected chi connectivity index (χ4v) is 2.26. The molecule has 20 heavy (non-hydrogen) atoms. The number of fused-ring (bicyclic) bond motifs is 3. The van der Waals surface area contributed by atoms with Crippen molar-refractivity contribution in [2.45, 2.75) is 0 Å². The Kier molecular flexibility index (Phi) is 2.78. The first-order valence-corrected chi connectivity index (χ1v) is 5.84. The molecule has 0 saturated heterocycles. The Balaban J connectivity index is 2.61. The number of methoxy groups -OCH3 is 3. The summed E-state index contributed by atoms with van der Waals surface area (Å²) in [4.78, 5) is 12.0. The molecule has 0 aliphatic carbocycles. The van der Waals surface area contributed by atoms with Crippen molar-refractivity contribution < 1.29 is 23.0 Å². The molecule has 2 aromatic heterocycles. The molecule has 0 spiro atoms. The second kappa shape index (κ2) is 4.48. The third kappa shape index (κ3) is 1.54. The van der Waals surface area contributed by atoms with Gasteiger partial charge in [0.1, 0.15) is 16.7 Å². The second-order valence-electron chi connectivity index (χ2n) is 4.07. The summed E-state index contributed by atoms with van der Waals surface area (Å²) in [6.07, 6.45) is 1.51. The number of hydrogen-bond donors (Lipinski definition) is 0. The third-order valence-corrected chi connectivity index (χ3v) is 3.12. The standard InChI is InChI=1S/C14H12O6/c1-16-9-6-8-7(4-5-19-8)11-10(9)12(17-2)13(18-3)14(15)20-11/h4-6H,1-3H3. The van der Waals surface area contributed by atoms with Crippen LogP contribution in [0.2, 0.25) is 0 Å². The number of ether oxygens (including phenoxy) is 3. The van der Waals surface area contributed by atoms with Crippen molar-refractivity contribution in [2.24, 2.45) is 0 Å². The van der Waals surface area contributed by atoms with E-state index in [4.69, 9.17) is 23.0 Å². The zero-order valence-corrected chi connectivity index (χ0v) is 11.2. The molecule has 0 radical (unpaired) electrons. The summed E-state index contributed by atoms with van der Waals surface area (Å²) in [5.74, 6) is 0.751. The molecule has 3 rings (SSSR count). The van der Waals surface area contributed by atoms with Gasteiger partial charge in [-0.1, -0.05) is 0 Å². The highest BCUT2D eigenvalue weighted by Crippen LogP contribution is 2.42. The normalized spacial score (nSPS) is 10.9. The van der Waals surface area contributed by atoms with Crippen molar-refractivity contribution >= 4 is 21.9 Å². The number of benzene rings is 1. The molecule has 0 aliphatic heterocycles. The van der Waals surface area contributed by atoms with Gasteiger partial charge in [0.2, 0.25) is 5.75 Å². The molecule has 0 N–H and O–H groups in total. The lowest BCUT2D eigenvalue weighted by Crippen LogP contribution is -2.07. The molecule has 1 aromatic carbocycles. The van der Waals surface area contributed by atoms with E-state index in [0.29, 0.717) is 27.7 Å². The molecule has 0 saturated carbocycles. The number of rotatable bonds is 3. The third-order valence-electron chi connectivity index (χ3n) is 3.12. The number of hydrogen-bond acceptors (Lipinski definition) is 6. The first-order valence-electron chi connectivity index (χ1n) is 5.84. The van der Waals surface area contributed by atoms with Crippen LogP contribution in [0.15, 0.2) is 32.0 Å². The van der Waals surface area contributed by atoms with E-state index in [0.717, 1.165) is 0 Å². The zero-order chi connectivity index (χ0) is 14.3. The Labute approximate surface area is 113 Å². The smallest absolute Gasteiger partial charge is 0.383 e. The maximum atomic E-state index is 12.0. The second-order valence-corrected chi connectivity index (χ2v) is 4.07. The van der Waals surface area contributed by atoms with Gasteiger partial charge in [0, 0.05) is 6.07 Å². The Morgan fingerprint density at radius 1 is 1.05 bits per heavy atom. The summed E-state index contributed by atoms with van der Waals surface area (Å²) in [5.41, 5.74) is 0.285. The van der Waals surface area contributed by atoms with Crippen molar-refractivity contribution in [3.8, 4) is 17.2 Å². The van der Waals surface area contributed by atoms with E-state index >= 15 is 0 Å². The zero-order valence-electron chi connectivity index (χ0n) is 11.2. The van der Waals surface area contributed by atoms with Crippen molar-refractivity contribution in [1.82, 2.24) is 0 Å². The van der Waals surface area contributed by atoms with E-state index < -0.39 is 5.63 Å². The molecule has 0 bridgehead atoms. The maximum Gasteiger partial charge on any atom is 0.383 e. The average molecular weight is 276 g/mol. The quantitative estimate of drug-likeness (QED) is 0.685. The van der Waals surface area contributed by atoms with Crippen LogP contribution in [0, 0.1) is 0 Å². The summed E-state index contributed by atoms with van der Waals surface area (Å²) in [6.45, 7) is 0. The van der Waals surface area contributed by atoms with E-state index in [1.807, 2.05) is 0 Å². The van der Waals surface area contributed by atoms with Crippen LogP contribution in [-0.4, -0.2) is 21.3 Å². The molecular weight excluding hydrogens is 264 g/mol. The van der Waals surface area contributed by atoms with Crippen LogP contribution in [0.25, 0.3) is 21.9 Å². The molecular formula is C14H12O6. The van der Waals surface area contributed by atoms with Gasteiger partial charge in [-0.05, 0) is 6.07 Å². The van der Waals surface area contributed by atoms with Crippen molar-refractivity contribution in [1.29, 1.82) is 0 Å². The van der Waals surface area contributed by atoms with Gasteiger partial charge in [0.05, 0.1) is 33.0 Å². The molecule has 6 nitrogen and oxygen atoms in total. The van der Waals surface area contributed by atoms with Gasteiger partial charge < -0.3 is 23.0 Å². The van der Waals surface area contributed by atoms with Crippen LogP contribution in [-0.2, 0) is 0 Å². The van der Waals surface area contributed by atoms with Gasteiger partial charge >= 0.3 is 5.63 Å². The minimum atomic E-state index is -0.618. The molecule has 0 atom stereocenters. The van der Waals surface area contributed by atoms with Crippen molar-refractivity contribution in [3.63, 3.8) is 0 Å². The average Bonchev–Trinajstić information content (AvgIpc) is 2.93. The predicted octanol–water partition coefficient (Wildman–Crippen LogP) is 2.57. The van der Waals surface area contributed by atoms with Crippen LogP contribution in [0.1, 0.15) is 0 Å². The predicted molar refractivity (Wildman–Crippen MR) is 71.9 cm³/mol. The largest absolute Gasteiger partial charge is 0.496 e. The lowest BCUT2D eigenvalue weighted by Gasteiger charge is -2.12. The van der Waals surface area contributed by atoms with Gasteiger partial charge in [-0.2, -0.15) is 0 Å². The minimum absolute atomic E-state index is 0.00106. The van der Waals surface area contributed by atoms with Crippen LogP contribution in [0.4, 0.5) is 0 Å². The van der Waals surface area contributed by atoms with Crippen LogP contribution < -0.4 is 19.8 Å². The lowest BCUT2D eigenvalue weighted by molar-refractivity contribution is 0.336. The Bertz CT molecular complexity index is 842. The molecule has 3 aromatic rings. The monoisotopic (exact) mass is 276 g/mol. The van der Waals surface area contributed by atoms with Gasteiger partial charge in [-0.15, -0.1) is 0 Å². The highest BCUT2D eigenvalue weighted by atomic mass is 16.5. The summed E-state index contributed by atoms with van der Waals surface area (Å²) in [5, 5.41) is 1.19. The van der Waals surface area contributed by atoms with E-state index in [1.165, 1.54) is 27.6 Å². The SMILES string of the molecule is COc1c(OC)c2c(OC)cc3occc3c2oc1=O. The fourth-order valence-electron chi connectivity index (χ4n) is 2.26. The Morgan fingerprint density at radius 3 is 2.45 bits per heavy atom. The first kappa shape index (κ1) is 12.4. The summed E-state index contributed by atoms with van der Waals surface area (Å²) < 4.78 is 26.4. The van der Waals surface area contributed by atoms with Crippen molar-refractivity contribution in [2.75, 3.05) is 21.3 Å². The van der Waals surface area contributed by atoms with E-state index in [-0.39, 0.29) is 11.5 Å². The van der Waals surface area contributed by atoms with Gasteiger partial charge in [0.15, 0.2) is 11.3 Å². The van der Waals surface area contributed by atoms with E-state index in [1.54, 1.807) is 12.1 Å². The highest BCUT2D eigenvalue weighted by molar-refractivity contribution is 6.08. The van der Waals surface area contributed by atoms with Crippen LogP contribution in [0.3, 0.4) is 0 Å². The van der Waals surface area contributed by atoms with Gasteiger partial charge in [-0.25, -0.2) is 4.79 Å². The fraction of sp³-hybridized carbons (Fsp3) is 0.214. The first-order chi connectivity index (χ1) is 9.71. The van der Waals surface area contributed by atoms with Gasteiger partial charge in [-0.3, -0.25) is 0 Å². The van der Waals surface area contributed by atoms with Crippen LogP contribution >= 0.6 is 0 Å². The number of furan rings is 1. The van der Waals surface area contributed by atoms with Crippen LogP contribution in [0.5, 0.6) is 17.2 Å². The minimum Gasteiger partial charge on any atom is -0.496 e. The van der Waals surface area contributed by atoms with E-state index in [2.05, 4.69) is 0 Å². The Hall–Kier alpha value is -2.63. The Morgan fingerprint density at radius 2 is 1.80 bits per heavy atom. The molecule has 6 heteroatoms. The maximum absolute atomic E-state index is 12.0. The molecule has 0 amide bonds. The summed E-state index contributed by atoms with van der Waals surface area (Å²) in [6, 6.07) is 3.42. The van der Waals surface area contributed by atoms with Crippen molar-refractivity contribution in [3.05, 3.63) is 28.8 Å². The van der Waals surface area contributed by atoms with Gasteiger partial charge in [0.25, 0.3) is 0 Å². The molecule has 0 unspecified atom stereocenters. The molecule has 104 valence electrons. The highest BCUT2D eigenvalue weighted by Gasteiger charge is 2.22. The lowest BCUT2D eigenvalue weighted by atomic mass is 10.1. The molecule has 0 fully saturated rings. The topological polar surface area (TPSA) is 71.0 Å². The molecule has 2 heterocycles. The summed E-state index contributed by atoms with van der Waals surface area (Å²) >= 11 is 0. The summed E-state index contributed by atoms with van der Waals surface area (Å²) in [7, 11) is 4.35.